The Hall–Kier alpha value is -4.66. The van der Waals surface area contributed by atoms with Crippen molar-refractivity contribution in [3.63, 3.8) is 0 Å². The SMILES string of the molecule is Cc1nn(CCCC(=O)NCc2ccc(N(C)C)cc2)c(=O)c2c(-n3cccc3)n(-c3ccccc3)nc12. The summed E-state index contributed by atoms with van der Waals surface area (Å²) in [4.78, 5) is 28.1. The van der Waals surface area contributed by atoms with Gasteiger partial charge < -0.3 is 14.8 Å². The average molecular weight is 510 g/mol. The maximum absolute atomic E-state index is 13.6. The van der Waals surface area contributed by atoms with Crippen molar-refractivity contribution >= 4 is 22.5 Å². The van der Waals surface area contributed by atoms with Crippen LogP contribution in [0.25, 0.3) is 22.4 Å². The first-order valence-electron chi connectivity index (χ1n) is 12.6. The van der Waals surface area contributed by atoms with E-state index in [4.69, 9.17) is 5.10 Å². The molecule has 0 aliphatic rings. The van der Waals surface area contributed by atoms with Crippen LogP contribution in [0.3, 0.4) is 0 Å². The highest BCUT2D eigenvalue weighted by atomic mass is 16.1. The summed E-state index contributed by atoms with van der Waals surface area (Å²) in [7, 11) is 3.99. The van der Waals surface area contributed by atoms with Gasteiger partial charge in [0.1, 0.15) is 10.9 Å². The fourth-order valence-electron chi connectivity index (χ4n) is 4.47. The zero-order valence-electron chi connectivity index (χ0n) is 21.8. The number of nitrogens with one attached hydrogen (secondary N) is 1. The van der Waals surface area contributed by atoms with Crippen LogP contribution in [0.15, 0.2) is 83.9 Å². The molecule has 9 nitrogen and oxygen atoms in total. The van der Waals surface area contributed by atoms with Crippen LogP contribution in [0.2, 0.25) is 0 Å². The molecule has 0 spiro atoms. The van der Waals surface area contributed by atoms with Gasteiger partial charge in [0.15, 0.2) is 5.82 Å². The number of fused-ring (bicyclic) bond motifs is 1. The van der Waals surface area contributed by atoms with Crippen molar-refractivity contribution < 1.29 is 4.79 Å². The highest BCUT2D eigenvalue weighted by Gasteiger charge is 2.21. The summed E-state index contributed by atoms with van der Waals surface area (Å²) in [6.07, 6.45) is 4.59. The Labute approximate surface area is 220 Å². The molecule has 3 aromatic heterocycles. The average Bonchev–Trinajstić information content (AvgIpc) is 3.59. The third-order valence-electron chi connectivity index (χ3n) is 6.49. The zero-order valence-corrected chi connectivity index (χ0v) is 21.8. The molecule has 1 N–H and O–H groups in total. The number of amides is 1. The molecular weight excluding hydrogens is 478 g/mol. The van der Waals surface area contributed by atoms with Crippen molar-refractivity contribution in [2.24, 2.45) is 0 Å². The number of benzene rings is 2. The first kappa shape index (κ1) is 25.0. The van der Waals surface area contributed by atoms with Gasteiger partial charge in [-0.25, -0.2) is 9.36 Å². The number of hydrogen-bond acceptors (Lipinski definition) is 5. The van der Waals surface area contributed by atoms with Gasteiger partial charge in [0.2, 0.25) is 5.91 Å². The summed E-state index contributed by atoms with van der Waals surface area (Å²) in [5, 5.41) is 12.8. The molecule has 5 rings (SSSR count). The van der Waals surface area contributed by atoms with Crippen LogP contribution >= 0.6 is 0 Å². The molecule has 9 heteroatoms. The Balaban J connectivity index is 1.34. The molecule has 0 saturated carbocycles. The second-order valence-electron chi connectivity index (χ2n) is 9.44. The lowest BCUT2D eigenvalue weighted by Gasteiger charge is -2.13. The molecule has 5 aromatic rings. The Morgan fingerprint density at radius 1 is 0.947 bits per heavy atom. The zero-order chi connectivity index (χ0) is 26.6. The van der Waals surface area contributed by atoms with E-state index < -0.39 is 0 Å². The highest BCUT2D eigenvalue weighted by molar-refractivity contribution is 5.87. The van der Waals surface area contributed by atoms with Crippen molar-refractivity contribution in [3.8, 4) is 11.5 Å². The van der Waals surface area contributed by atoms with Gasteiger partial charge in [-0.2, -0.15) is 10.2 Å². The first-order chi connectivity index (χ1) is 18.4. The minimum Gasteiger partial charge on any atom is -0.378 e. The molecule has 0 unspecified atom stereocenters. The third-order valence-corrected chi connectivity index (χ3v) is 6.49. The van der Waals surface area contributed by atoms with E-state index in [0.717, 1.165) is 16.9 Å². The molecule has 1 amide bonds. The van der Waals surface area contributed by atoms with Crippen molar-refractivity contribution in [1.82, 2.24) is 29.4 Å². The number of aryl methyl sites for hydroxylation is 2. The van der Waals surface area contributed by atoms with E-state index in [1.807, 2.05) is 110 Å². The fourth-order valence-corrected chi connectivity index (χ4v) is 4.47. The Kier molecular flexibility index (Phi) is 7.08. The predicted octanol–water partition coefficient (Wildman–Crippen LogP) is 3.84. The normalized spacial score (nSPS) is 11.1. The van der Waals surface area contributed by atoms with E-state index in [-0.39, 0.29) is 11.5 Å². The summed E-state index contributed by atoms with van der Waals surface area (Å²) in [5.41, 5.74) is 4.00. The van der Waals surface area contributed by atoms with Crippen molar-refractivity contribution in [2.75, 3.05) is 19.0 Å². The number of carbonyl (C=O) groups is 1. The molecule has 0 saturated heterocycles. The molecule has 0 bridgehead atoms. The minimum absolute atomic E-state index is 0.0579. The number of anilines is 1. The topological polar surface area (TPSA) is 90.0 Å². The number of para-hydroxylation sites is 1. The van der Waals surface area contributed by atoms with Crippen LogP contribution in [-0.4, -0.2) is 44.1 Å². The van der Waals surface area contributed by atoms with Crippen molar-refractivity contribution in [3.05, 3.63) is 101 Å². The van der Waals surface area contributed by atoms with Gasteiger partial charge in [0.25, 0.3) is 5.56 Å². The van der Waals surface area contributed by atoms with Gasteiger partial charge in [0, 0.05) is 51.7 Å². The number of carbonyl (C=O) groups excluding carboxylic acids is 1. The van der Waals surface area contributed by atoms with Gasteiger partial charge in [-0.05, 0) is 55.3 Å². The quantitative estimate of drug-likeness (QED) is 0.326. The van der Waals surface area contributed by atoms with E-state index in [0.29, 0.717) is 48.3 Å². The maximum Gasteiger partial charge on any atom is 0.280 e. The molecule has 194 valence electrons. The molecule has 2 aromatic carbocycles. The summed E-state index contributed by atoms with van der Waals surface area (Å²) in [5.74, 6) is 0.607. The van der Waals surface area contributed by atoms with Gasteiger partial charge in [-0.1, -0.05) is 30.3 Å². The Bertz CT molecular complexity index is 1600. The monoisotopic (exact) mass is 509 g/mol. The largest absolute Gasteiger partial charge is 0.378 e. The number of hydrogen-bond donors (Lipinski definition) is 1. The van der Waals surface area contributed by atoms with E-state index >= 15 is 0 Å². The van der Waals surface area contributed by atoms with Crippen molar-refractivity contribution in [2.45, 2.75) is 32.9 Å². The van der Waals surface area contributed by atoms with Crippen LogP contribution in [0.1, 0.15) is 24.1 Å². The van der Waals surface area contributed by atoms with Gasteiger partial charge in [-0.15, -0.1) is 0 Å². The van der Waals surface area contributed by atoms with Crippen molar-refractivity contribution in [1.29, 1.82) is 0 Å². The van der Waals surface area contributed by atoms with Crippen LogP contribution < -0.4 is 15.8 Å². The lowest BCUT2D eigenvalue weighted by atomic mass is 10.2. The smallest absolute Gasteiger partial charge is 0.280 e. The molecule has 0 radical (unpaired) electrons. The fraction of sp³-hybridized carbons (Fsp3) is 0.241. The molecular formula is C29H31N7O2. The van der Waals surface area contributed by atoms with E-state index in [1.54, 1.807) is 4.68 Å². The Morgan fingerprint density at radius 3 is 2.34 bits per heavy atom. The molecule has 38 heavy (non-hydrogen) atoms. The van der Waals surface area contributed by atoms with E-state index in [2.05, 4.69) is 10.4 Å². The maximum atomic E-state index is 13.6. The summed E-state index contributed by atoms with van der Waals surface area (Å²) < 4.78 is 5.13. The summed E-state index contributed by atoms with van der Waals surface area (Å²) >= 11 is 0. The lowest BCUT2D eigenvalue weighted by molar-refractivity contribution is -0.121. The highest BCUT2D eigenvalue weighted by Crippen LogP contribution is 2.24. The van der Waals surface area contributed by atoms with E-state index in [9.17, 15) is 9.59 Å². The molecule has 0 fully saturated rings. The molecule has 3 heterocycles. The second-order valence-corrected chi connectivity index (χ2v) is 9.44. The second kappa shape index (κ2) is 10.8. The third kappa shape index (κ3) is 5.08. The number of nitrogens with zero attached hydrogens (tertiary/aromatic N) is 6. The standard InChI is InChI=1S/C29H31N7O2/c1-21-27-26(28(34-17-7-8-18-34)36(32-27)24-10-5-4-6-11-24)29(38)35(31-21)19-9-12-25(37)30-20-22-13-15-23(16-14-22)33(2)3/h4-8,10-11,13-18H,9,12,19-20H2,1-3H3,(H,30,37). The number of aromatic nitrogens is 5. The van der Waals surface area contributed by atoms with Gasteiger partial charge in [-0.3, -0.25) is 9.59 Å². The van der Waals surface area contributed by atoms with Crippen LogP contribution in [-0.2, 0) is 17.9 Å². The lowest BCUT2D eigenvalue weighted by Crippen LogP contribution is -2.26. The predicted molar refractivity (Wildman–Crippen MR) is 149 cm³/mol. The van der Waals surface area contributed by atoms with E-state index in [1.165, 1.54) is 4.68 Å². The summed E-state index contributed by atoms with van der Waals surface area (Å²) in [6.45, 7) is 2.66. The van der Waals surface area contributed by atoms with Crippen LogP contribution in [0.5, 0.6) is 0 Å². The minimum atomic E-state index is -0.224. The first-order valence-corrected chi connectivity index (χ1v) is 12.6. The summed E-state index contributed by atoms with van der Waals surface area (Å²) in [6, 6.07) is 21.6. The van der Waals surface area contributed by atoms with Crippen LogP contribution in [0, 0.1) is 6.92 Å². The Morgan fingerprint density at radius 2 is 1.66 bits per heavy atom. The van der Waals surface area contributed by atoms with Gasteiger partial charge >= 0.3 is 0 Å². The number of rotatable bonds is 9. The van der Waals surface area contributed by atoms with Gasteiger partial charge in [0.05, 0.1) is 11.4 Å². The molecule has 0 aliphatic heterocycles. The molecule has 0 atom stereocenters. The molecule has 0 aliphatic carbocycles. The van der Waals surface area contributed by atoms with Crippen LogP contribution in [0.4, 0.5) is 5.69 Å².